The summed E-state index contributed by atoms with van der Waals surface area (Å²) < 4.78 is 7.56. The fourth-order valence-electron chi connectivity index (χ4n) is 2.88. The van der Waals surface area contributed by atoms with Crippen molar-refractivity contribution >= 4 is 0 Å². The van der Waals surface area contributed by atoms with Gasteiger partial charge in [0.25, 0.3) is 0 Å². The Morgan fingerprint density at radius 2 is 2.18 bits per heavy atom. The minimum absolute atomic E-state index is 0.146. The fourth-order valence-corrected chi connectivity index (χ4v) is 2.88. The molecule has 0 aliphatic heterocycles. The molecule has 0 spiro atoms. The third kappa shape index (κ3) is 2.62. The number of hydrogen-bond acceptors (Lipinski definition) is 3. The van der Waals surface area contributed by atoms with E-state index >= 15 is 0 Å². The molecule has 0 unspecified atom stereocenters. The number of aromatic amines is 1. The van der Waals surface area contributed by atoms with E-state index in [1.807, 2.05) is 30.2 Å². The lowest BCUT2D eigenvalue weighted by Crippen LogP contribution is -2.11. The highest BCUT2D eigenvalue weighted by molar-refractivity contribution is 5.46. The monoisotopic (exact) mass is 296 g/mol. The number of aryl methyl sites for hydroxylation is 2. The quantitative estimate of drug-likeness (QED) is 0.787. The average Bonchev–Trinajstić information content (AvgIpc) is 3.16. The Balaban J connectivity index is 2.07. The summed E-state index contributed by atoms with van der Waals surface area (Å²) in [5.41, 5.74) is 4.54. The number of nitrogens with one attached hydrogen (secondary N) is 1. The van der Waals surface area contributed by atoms with E-state index in [1.165, 1.54) is 5.69 Å². The molecular formula is C17H20N4O. The van der Waals surface area contributed by atoms with Crippen molar-refractivity contribution in [2.24, 2.45) is 7.05 Å². The highest BCUT2D eigenvalue weighted by Crippen LogP contribution is 2.35. The van der Waals surface area contributed by atoms with Gasteiger partial charge < -0.3 is 9.72 Å². The zero-order chi connectivity index (χ0) is 15.5. The number of imidazole rings is 1. The van der Waals surface area contributed by atoms with Crippen LogP contribution in [-0.2, 0) is 13.5 Å². The predicted octanol–water partition coefficient (Wildman–Crippen LogP) is 2.83. The summed E-state index contributed by atoms with van der Waals surface area (Å²) in [5.74, 6) is 1.08. The topological polar surface area (TPSA) is 55.7 Å². The van der Waals surface area contributed by atoms with E-state index < -0.39 is 0 Å². The molecule has 2 aromatic heterocycles. The van der Waals surface area contributed by atoms with Crippen LogP contribution >= 0.6 is 0 Å². The molecule has 0 amide bonds. The number of aromatic nitrogens is 4. The molecule has 0 aliphatic rings. The summed E-state index contributed by atoms with van der Waals surface area (Å²) in [7, 11) is 3.69. The van der Waals surface area contributed by atoms with Gasteiger partial charge in [-0.2, -0.15) is 5.10 Å². The number of H-pyrrole nitrogens is 1. The van der Waals surface area contributed by atoms with Crippen molar-refractivity contribution in [3.63, 3.8) is 0 Å². The number of rotatable bonds is 5. The number of ether oxygens (including phenoxy) is 1. The molecule has 2 heterocycles. The normalized spacial score (nSPS) is 12.3. The maximum atomic E-state index is 5.65. The second-order valence-corrected chi connectivity index (χ2v) is 5.41. The van der Waals surface area contributed by atoms with E-state index in [1.54, 1.807) is 13.4 Å². The second-order valence-electron chi connectivity index (χ2n) is 5.41. The van der Waals surface area contributed by atoms with Crippen LogP contribution in [0.5, 0.6) is 5.75 Å². The van der Waals surface area contributed by atoms with Crippen LogP contribution in [0.15, 0.2) is 43.0 Å². The lowest BCUT2D eigenvalue weighted by Gasteiger charge is -2.20. The van der Waals surface area contributed by atoms with Crippen LogP contribution < -0.4 is 4.74 Å². The molecule has 1 atom stereocenters. The van der Waals surface area contributed by atoms with E-state index in [4.69, 9.17) is 4.74 Å². The second kappa shape index (κ2) is 6.05. The summed E-state index contributed by atoms with van der Waals surface area (Å²) in [4.78, 5) is 7.42. The highest BCUT2D eigenvalue weighted by Gasteiger charge is 2.22. The molecule has 0 fully saturated rings. The Kier molecular flexibility index (Phi) is 3.96. The molecule has 0 saturated carbocycles. The van der Waals surface area contributed by atoms with Crippen LogP contribution in [0.25, 0.3) is 0 Å². The van der Waals surface area contributed by atoms with Crippen molar-refractivity contribution in [1.29, 1.82) is 0 Å². The molecule has 0 aliphatic carbocycles. The molecule has 22 heavy (non-hydrogen) atoms. The van der Waals surface area contributed by atoms with Crippen LogP contribution in [0.1, 0.15) is 28.4 Å². The first-order chi connectivity index (χ1) is 10.7. The van der Waals surface area contributed by atoms with Gasteiger partial charge in [0.2, 0.25) is 0 Å². The minimum atomic E-state index is 0.146. The van der Waals surface area contributed by atoms with Gasteiger partial charge in [-0.15, -0.1) is 0 Å². The van der Waals surface area contributed by atoms with Gasteiger partial charge in [0, 0.05) is 48.7 Å². The van der Waals surface area contributed by atoms with Gasteiger partial charge in [-0.1, -0.05) is 18.2 Å². The van der Waals surface area contributed by atoms with E-state index in [2.05, 4.69) is 40.2 Å². The van der Waals surface area contributed by atoms with Gasteiger partial charge in [0.15, 0.2) is 0 Å². The molecule has 0 saturated heterocycles. The number of para-hydroxylation sites is 1. The number of methoxy groups -OCH3 is 1. The largest absolute Gasteiger partial charge is 0.496 e. The van der Waals surface area contributed by atoms with Gasteiger partial charge in [0.05, 0.1) is 13.4 Å². The first-order valence-corrected chi connectivity index (χ1v) is 7.29. The number of hydrogen-bond donors (Lipinski definition) is 1. The van der Waals surface area contributed by atoms with Crippen molar-refractivity contribution in [3.05, 3.63) is 65.5 Å². The third-order valence-electron chi connectivity index (χ3n) is 4.05. The minimum Gasteiger partial charge on any atom is -0.496 e. The standard InChI is InChI=1S/C17H20N4O/c1-12-5-4-6-14(17(12)22-3)15(16-10-18-11-19-16)9-13-7-8-20-21(13)2/h4-8,10-11,15H,9H2,1-3H3,(H,18,19)/t15-/m1/s1. The SMILES string of the molecule is COc1c(C)cccc1[C@@H](Cc1ccnn1C)c1cnc[nH]1. The Hall–Kier alpha value is -2.56. The summed E-state index contributed by atoms with van der Waals surface area (Å²) in [6, 6.07) is 8.30. The van der Waals surface area contributed by atoms with Crippen LogP contribution in [0.2, 0.25) is 0 Å². The van der Waals surface area contributed by atoms with Gasteiger partial charge in [-0.3, -0.25) is 4.68 Å². The third-order valence-corrected chi connectivity index (χ3v) is 4.05. The maximum absolute atomic E-state index is 5.65. The zero-order valence-electron chi connectivity index (χ0n) is 13.1. The van der Waals surface area contributed by atoms with Crippen molar-refractivity contribution in [1.82, 2.24) is 19.7 Å². The number of nitrogens with zero attached hydrogens (tertiary/aromatic N) is 3. The van der Waals surface area contributed by atoms with Crippen LogP contribution in [0, 0.1) is 6.92 Å². The summed E-state index contributed by atoms with van der Waals surface area (Å²) in [6.45, 7) is 2.07. The average molecular weight is 296 g/mol. The molecule has 5 heteroatoms. The van der Waals surface area contributed by atoms with E-state index in [0.717, 1.165) is 29.0 Å². The lowest BCUT2D eigenvalue weighted by atomic mass is 9.89. The Morgan fingerprint density at radius 3 is 2.82 bits per heavy atom. The molecule has 114 valence electrons. The van der Waals surface area contributed by atoms with Gasteiger partial charge in [0.1, 0.15) is 5.75 Å². The van der Waals surface area contributed by atoms with Crippen LogP contribution in [0.4, 0.5) is 0 Å². The van der Waals surface area contributed by atoms with Gasteiger partial charge in [-0.25, -0.2) is 4.98 Å². The van der Waals surface area contributed by atoms with Crippen molar-refractivity contribution in [2.45, 2.75) is 19.3 Å². The van der Waals surface area contributed by atoms with Crippen LogP contribution in [0.3, 0.4) is 0 Å². The molecule has 3 aromatic rings. The van der Waals surface area contributed by atoms with Gasteiger partial charge >= 0.3 is 0 Å². The fraction of sp³-hybridized carbons (Fsp3) is 0.294. The molecule has 0 radical (unpaired) electrons. The van der Waals surface area contributed by atoms with E-state index in [-0.39, 0.29) is 5.92 Å². The molecular weight excluding hydrogens is 276 g/mol. The van der Waals surface area contributed by atoms with E-state index in [0.29, 0.717) is 0 Å². The number of benzene rings is 1. The Morgan fingerprint density at radius 1 is 1.32 bits per heavy atom. The van der Waals surface area contributed by atoms with E-state index in [9.17, 15) is 0 Å². The molecule has 1 N–H and O–H groups in total. The Labute approximate surface area is 130 Å². The lowest BCUT2D eigenvalue weighted by molar-refractivity contribution is 0.403. The maximum Gasteiger partial charge on any atom is 0.125 e. The molecule has 1 aromatic carbocycles. The predicted molar refractivity (Wildman–Crippen MR) is 85.1 cm³/mol. The zero-order valence-corrected chi connectivity index (χ0v) is 13.1. The molecule has 3 rings (SSSR count). The first-order valence-electron chi connectivity index (χ1n) is 7.29. The van der Waals surface area contributed by atoms with Crippen molar-refractivity contribution in [2.75, 3.05) is 7.11 Å². The highest BCUT2D eigenvalue weighted by atomic mass is 16.5. The molecule has 0 bridgehead atoms. The first kappa shape index (κ1) is 14.4. The van der Waals surface area contributed by atoms with Gasteiger partial charge in [-0.05, 0) is 18.6 Å². The molecule has 5 nitrogen and oxygen atoms in total. The summed E-state index contributed by atoms with van der Waals surface area (Å²) in [6.07, 6.45) is 6.25. The van der Waals surface area contributed by atoms with Crippen LogP contribution in [-0.4, -0.2) is 26.9 Å². The summed E-state index contributed by atoms with van der Waals surface area (Å²) in [5, 5.41) is 4.26. The summed E-state index contributed by atoms with van der Waals surface area (Å²) >= 11 is 0. The Bertz CT molecular complexity index is 746. The smallest absolute Gasteiger partial charge is 0.125 e. The van der Waals surface area contributed by atoms with Crippen molar-refractivity contribution < 1.29 is 4.74 Å². The van der Waals surface area contributed by atoms with Crippen molar-refractivity contribution in [3.8, 4) is 5.75 Å².